The van der Waals surface area contributed by atoms with E-state index < -0.39 is 29.3 Å². The van der Waals surface area contributed by atoms with Crippen molar-refractivity contribution in [3.63, 3.8) is 0 Å². The van der Waals surface area contributed by atoms with Crippen LogP contribution in [-0.4, -0.2) is 34.2 Å². The Balaban J connectivity index is 2.32. The first-order chi connectivity index (χ1) is 7.68. The van der Waals surface area contributed by atoms with Gasteiger partial charge in [0.1, 0.15) is 5.54 Å². The van der Waals surface area contributed by atoms with Crippen LogP contribution in [0, 0.1) is 0 Å². The number of alkyl halides is 3. The van der Waals surface area contributed by atoms with Gasteiger partial charge in [-0.3, -0.25) is 10.1 Å². The molecule has 6 heteroatoms. The van der Waals surface area contributed by atoms with Crippen LogP contribution in [0.2, 0.25) is 0 Å². The van der Waals surface area contributed by atoms with Crippen LogP contribution in [0.15, 0.2) is 0 Å². The van der Waals surface area contributed by atoms with Crippen molar-refractivity contribution in [3.05, 3.63) is 0 Å². The van der Waals surface area contributed by atoms with Crippen molar-refractivity contribution in [1.29, 1.82) is 0 Å². The molecule has 0 aromatic heterocycles. The Morgan fingerprint density at radius 3 is 2.29 bits per heavy atom. The molecule has 1 aliphatic carbocycles. The molecule has 0 aromatic rings. The van der Waals surface area contributed by atoms with Crippen molar-refractivity contribution >= 4 is 5.91 Å². The first-order valence-corrected chi connectivity index (χ1v) is 5.86. The molecule has 0 spiro atoms. The summed E-state index contributed by atoms with van der Waals surface area (Å²) < 4.78 is 39.1. The lowest BCUT2D eigenvalue weighted by Crippen LogP contribution is -2.53. The summed E-state index contributed by atoms with van der Waals surface area (Å²) in [6, 6.07) is 0. The lowest BCUT2D eigenvalue weighted by Gasteiger charge is -2.33. The van der Waals surface area contributed by atoms with Crippen LogP contribution in [0.1, 0.15) is 40.0 Å². The number of rotatable bonds is 2. The minimum absolute atomic E-state index is 0.0219. The first-order valence-electron chi connectivity index (χ1n) is 5.86. The lowest BCUT2D eigenvalue weighted by atomic mass is 9.98. The van der Waals surface area contributed by atoms with Crippen LogP contribution >= 0.6 is 0 Å². The molecule has 1 saturated carbocycles. The fourth-order valence-electron chi connectivity index (χ4n) is 2.63. The van der Waals surface area contributed by atoms with E-state index in [0.29, 0.717) is 6.42 Å². The maximum atomic E-state index is 13.0. The number of hydrogen-bond acceptors (Lipinski definition) is 2. The smallest absolute Gasteiger partial charge is 0.311 e. The largest absolute Gasteiger partial charge is 0.411 e. The lowest BCUT2D eigenvalue weighted by molar-refractivity contribution is -0.202. The summed E-state index contributed by atoms with van der Waals surface area (Å²) in [4.78, 5) is 13.2. The minimum atomic E-state index is -4.34. The first kappa shape index (κ1) is 12.7. The minimum Gasteiger partial charge on any atom is -0.311 e. The molecular formula is C11H17F3N2O. The molecule has 98 valence electrons. The van der Waals surface area contributed by atoms with E-state index in [0.717, 1.165) is 4.90 Å². The molecule has 0 radical (unpaired) electrons. The normalized spacial score (nSPS) is 36.5. The Bertz CT molecular complexity index is 351. The van der Waals surface area contributed by atoms with Gasteiger partial charge in [-0.05, 0) is 33.1 Å². The quantitative estimate of drug-likeness (QED) is 0.813. The molecule has 0 aromatic carbocycles. The van der Waals surface area contributed by atoms with Crippen LogP contribution in [0.4, 0.5) is 13.2 Å². The molecule has 1 heterocycles. The zero-order valence-corrected chi connectivity index (χ0v) is 10.2. The number of carbonyl (C=O) groups is 1. The highest BCUT2D eigenvalue weighted by Crippen LogP contribution is 2.55. The van der Waals surface area contributed by atoms with Gasteiger partial charge in [-0.2, -0.15) is 13.2 Å². The van der Waals surface area contributed by atoms with Gasteiger partial charge in [0.25, 0.3) is 0 Å². The molecule has 1 N–H and O–H groups in total. The molecule has 1 saturated heterocycles. The number of amides is 1. The third-order valence-electron chi connectivity index (χ3n) is 4.03. The number of hydrogen-bond donors (Lipinski definition) is 1. The molecule has 0 bridgehead atoms. The summed E-state index contributed by atoms with van der Waals surface area (Å²) in [5.41, 5.74) is -2.77. The topological polar surface area (TPSA) is 32.3 Å². The van der Waals surface area contributed by atoms with Crippen LogP contribution in [0.25, 0.3) is 0 Å². The van der Waals surface area contributed by atoms with Gasteiger partial charge in [0.15, 0.2) is 0 Å². The average molecular weight is 250 g/mol. The van der Waals surface area contributed by atoms with Crippen molar-refractivity contribution in [3.8, 4) is 0 Å². The summed E-state index contributed by atoms with van der Waals surface area (Å²) in [6.45, 7) is 5.08. The molecule has 2 rings (SSSR count). The summed E-state index contributed by atoms with van der Waals surface area (Å²) in [6.07, 6.45) is -4.36. The van der Waals surface area contributed by atoms with E-state index in [1.165, 1.54) is 0 Å². The van der Waals surface area contributed by atoms with Crippen LogP contribution in [0.5, 0.6) is 0 Å². The maximum Gasteiger partial charge on any atom is 0.411 e. The molecule has 3 nitrogen and oxygen atoms in total. The molecule has 2 fully saturated rings. The van der Waals surface area contributed by atoms with E-state index in [-0.39, 0.29) is 12.8 Å². The molecule has 2 aliphatic rings. The second-order valence-corrected chi connectivity index (χ2v) is 5.21. The van der Waals surface area contributed by atoms with E-state index in [4.69, 9.17) is 0 Å². The summed E-state index contributed by atoms with van der Waals surface area (Å²) >= 11 is 0. The van der Waals surface area contributed by atoms with Gasteiger partial charge in [0.05, 0.1) is 11.7 Å². The van der Waals surface area contributed by atoms with Crippen LogP contribution < -0.4 is 5.32 Å². The van der Waals surface area contributed by atoms with Crippen LogP contribution in [0.3, 0.4) is 0 Å². The Morgan fingerprint density at radius 2 is 2.00 bits per heavy atom. The number of halogens is 3. The van der Waals surface area contributed by atoms with E-state index >= 15 is 0 Å². The van der Waals surface area contributed by atoms with E-state index in [1.54, 1.807) is 20.8 Å². The predicted molar refractivity (Wildman–Crippen MR) is 56.2 cm³/mol. The van der Waals surface area contributed by atoms with Gasteiger partial charge in [-0.1, -0.05) is 6.92 Å². The van der Waals surface area contributed by atoms with Gasteiger partial charge >= 0.3 is 6.18 Å². The van der Waals surface area contributed by atoms with Gasteiger partial charge in [0.2, 0.25) is 5.91 Å². The zero-order valence-electron chi connectivity index (χ0n) is 10.2. The van der Waals surface area contributed by atoms with Gasteiger partial charge < -0.3 is 4.90 Å². The summed E-state index contributed by atoms with van der Waals surface area (Å²) in [5.74, 6) is -0.428. The highest BCUT2D eigenvalue weighted by atomic mass is 19.4. The predicted octanol–water partition coefficient (Wildman–Crippen LogP) is 2.03. The fourth-order valence-corrected chi connectivity index (χ4v) is 2.63. The zero-order chi connectivity index (χ0) is 13.1. The average Bonchev–Trinajstić information content (AvgIpc) is 2.94. The Hall–Kier alpha value is -0.780. The van der Waals surface area contributed by atoms with Crippen LogP contribution in [-0.2, 0) is 4.79 Å². The molecule has 2 atom stereocenters. The SMILES string of the molecule is CCC1(C)NC(C)N(C2(C(F)(F)F)CC2)C1=O. The third-order valence-corrected chi connectivity index (χ3v) is 4.03. The van der Waals surface area contributed by atoms with Gasteiger partial charge in [0, 0.05) is 0 Å². The highest BCUT2D eigenvalue weighted by Gasteiger charge is 2.71. The molecule has 17 heavy (non-hydrogen) atoms. The van der Waals surface area contributed by atoms with Crippen molar-refractivity contribution in [2.24, 2.45) is 0 Å². The fraction of sp³-hybridized carbons (Fsp3) is 0.909. The highest BCUT2D eigenvalue weighted by molar-refractivity contribution is 5.89. The van der Waals surface area contributed by atoms with Gasteiger partial charge in [-0.15, -0.1) is 0 Å². The molecule has 2 unspecified atom stereocenters. The number of nitrogens with one attached hydrogen (secondary N) is 1. The second kappa shape index (κ2) is 3.37. The van der Waals surface area contributed by atoms with E-state index in [2.05, 4.69) is 5.32 Å². The van der Waals surface area contributed by atoms with Crippen molar-refractivity contribution in [1.82, 2.24) is 10.2 Å². The maximum absolute atomic E-state index is 13.0. The Labute approximate surface area is 98.3 Å². The van der Waals surface area contributed by atoms with Gasteiger partial charge in [-0.25, -0.2) is 0 Å². The monoisotopic (exact) mass is 250 g/mol. The molecule has 1 aliphatic heterocycles. The number of nitrogens with zero attached hydrogens (tertiary/aromatic N) is 1. The standard InChI is InChI=1S/C11H17F3N2O/c1-4-9(3)8(17)16(7(2)15-9)10(5-6-10)11(12,13)14/h7,15H,4-6H2,1-3H3. The van der Waals surface area contributed by atoms with Crippen molar-refractivity contribution in [2.75, 3.05) is 0 Å². The Morgan fingerprint density at radius 1 is 1.47 bits per heavy atom. The summed E-state index contributed by atoms with van der Waals surface area (Å²) in [5, 5.41) is 2.97. The third kappa shape index (κ3) is 1.57. The van der Waals surface area contributed by atoms with E-state index in [1.807, 2.05) is 0 Å². The van der Waals surface area contributed by atoms with Crippen molar-refractivity contribution < 1.29 is 18.0 Å². The van der Waals surface area contributed by atoms with Crippen molar-refractivity contribution in [2.45, 2.75) is 63.5 Å². The molecular weight excluding hydrogens is 233 g/mol. The molecule has 1 amide bonds. The number of carbonyl (C=O) groups excluding carboxylic acids is 1. The second-order valence-electron chi connectivity index (χ2n) is 5.21. The van der Waals surface area contributed by atoms with E-state index in [9.17, 15) is 18.0 Å². The summed E-state index contributed by atoms with van der Waals surface area (Å²) in [7, 11) is 0. The Kier molecular flexibility index (Phi) is 2.51.